The molecular weight excluding hydrogens is 208 g/mol. The van der Waals surface area contributed by atoms with Gasteiger partial charge in [-0.1, -0.05) is 18.2 Å². The van der Waals surface area contributed by atoms with E-state index in [1.165, 1.54) is 12.0 Å². The summed E-state index contributed by atoms with van der Waals surface area (Å²) in [5.74, 6) is 0.279. The fourth-order valence-electron chi connectivity index (χ4n) is 1.80. The van der Waals surface area contributed by atoms with Gasteiger partial charge >= 0.3 is 6.03 Å². The second-order valence-corrected chi connectivity index (χ2v) is 3.55. The van der Waals surface area contributed by atoms with Crippen molar-refractivity contribution in [3.63, 3.8) is 0 Å². The SMILES string of the molecule is COc1ccccc1C1C(=O)NC(=O)N1C. The van der Waals surface area contributed by atoms with Crippen molar-refractivity contribution in [1.29, 1.82) is 0 Å². The maximum Gasteiger partial charge on any atom is 0.324 e. The number of nitrogens with one attached hydrogen (secondary N) is 1. The topological polar surface area (TPSA) is 58.6 Å². The zero-order valence-corrected chi connectivity index (χ0v) is 9.06. The average Bonchev–Trinajstić information content (AvgIpc) is 2.53. The van der Waals surface area contributed by atoms with Gasteiger partial charge in [0.15, 0.2) is 0 Å². The molecule has 1 aliphatic heterocycles. The molecule has 1 fully saturated rings. The number of carbonyl (C=O) groups excluding carboxylic acids is 2. The Morgan fingerprint density at radius 3 is 2.56 bits per heavy atom. The molecule has 1 aliphatic rings. The van der Waals surface area contributed by atoms with Crippen LogP contribution in [0.2, 0.25) is 0 Å². The molecule has 1 aromatic rings. The molecule has 0 spiro atoms. The van der Waals surface area contributed by atoms with Crippen LogP contribution in [-0.2, 0) is 4.79 Å². The number of ether oxygens (including phenoxy) is 1. The van der Waals surface area contributed by atoms with Gasteiger partial charge in [-0.05, 0) is 6.07 Å². The normalized spacial score (nSPS) is 19.9. The van der Waals surface area contributed by atoms with Crippen LogP contribution in [0.3, 0.4) is 0 Å². The molecule has 16 heavy (non-hydrogen) atoms. The maximum atomic E-state index is 11.6. The summed E-state index contributed by atoms with van der Waals surface area (Å²) in [6.07, 6.45) is 0. The molecule has 1 saturated heterocycles. The molecule has 5 heteroatoms. The van der Waals surface area contributed by atoms with Gasteiger partial charge in [-0.2, -0.15) is 0 Å². The first kappa shape index (κ1) is 10.5. The predicted octanol–water partition coefficient (Wildman–Crippen LogP) is 0.918. The highest BCUT2D eigenvalue weighted by atomic mass is 16.5. The van der Waals surface area contributed by atoms with Crippen molar-refractivity contribution in [2.75, 3.05) is 14.2 Å². The van der Waals surface area contributed by atoms with E-state index in [2.05, 4.69) is 5.32 Å². The summed E-state index contributed by atoms with van der Waals surface area (Å²) in [7, 11) is 3.12. The summed E-state index contributed by atoms with van der Waals surface area (Å²) in [5, 5.41) is 2.26. The number of urea groups is 1. The first-order chi connectivity index (χ1) is 7.65. The lowest BCUT2D eigenvalue weighted by molar-refractivity contribution is -0.121. The largest absolute Gasteiger partial charge is 0.496 e. The number of rotatable bonds is 2. The number of benzene rings is 1. The van der Waals surface area contributed by atoms with Gasteiger partial charge in [0.05, 0.1) is 7.11 Å². The van der Waals surface area contributed by atoms with Crippen LogP contribution >= 0.6 is 0 Å². The lowest BCUT2D eigenvalue weighted by Gasteiger charge is -2.18. The van der Waals surface area contributed by atoms with Gasteiger partial charge in [0.25, 0.3) is 5.91 Å². The van der Waals surface area contributed by atoms with Crippen LogP contribution in [0.25, 0.3) is 0 Å². The minimum Gasteiger partial charge on any atom is -0.496 e. The first-order valence-electron chi connectivity index (χ1n) is 4.85. The predicted molar refractivity (Wildman–Crippen MR) is 57.0 cm³/mol. The quantitative estimate of drug-likeness (QED) is 0.754. The fraction of sp³-hybridized carbons (Fsp3) is 0.273. The van der Waals surface area contributed by atoms with Crippen molar-refractivity contribution in [3.8, 4) is 5.75 Å². The van der Waals surface area contributed by atoms with Crippen molar-refractivity contribution in [1.82, 2.24) is 10.2 Å². The van der Waals surface area contributed by atoms with Crippen LogP contribution in [0.15, 0.2) is 24.3 Å². The Kier molecular flexibility index (Phi) is 2.52. The van der Waals surface area contributed by atoms with Crippen LogP contribution < -0.4 is 10.1 Å². The van der Waals surface area contributed by atoms with Crippen LogP contribution in [-0.4, -0.2) is 31.0 Å². The number of hydrogen-bond donors (Lipinski definition) is 1. The molecular formula is C11H12N2O3. The Hall–Kier alpha value is -2.04. The smallest absolute Gasteiger partial charge is 0.324 e. The number of methoxy groups -OCH3 is 1. The summed E-state index contributed by atoms with van der Waals surface area (Å²) in [4.78, 5) is 24.3. The van der Waals surface area contributed by atoms with Crippen LogP contribution in [0.1, 0.15) is 11.6 Å². The Morgan fingerprint density at radius 2 is 2.00 bits per heavy atom. The maximum absolute atomic E-state index is 11.6. The van der Waals surface area contributed by atoms with Gasteiger partial charge in [-0.15, -0.1) is 0 Å². The van der Waals surface area contributed by atoms with Crippen LogP contribution in [0.5, 0.6) is 5.75 Å². The molecule has 0 aromatic heterocycles. The van der Waals surface area contributed by atoms with Gasteiger partial charge in [0.1, 0.15) is 11.8 Å². The third kappa shape index (κ3) is 1.50. The van der Waals surface area contributed by atoms with Crippen molar-refractivity contribution in [3.05, 3.63) is 29.8 Å². The monoisotopic (exact) mass is 220 g/mol. The molecule has 1 N–H and O–H groups in total. The van der Waals surface area contributed by atoms with E-state index in [0.717, 1.165) is 0 Å². The minimum atomic E-state index is -0.608. The van der Waals surface area contributed by atoms with E-state index >= 15 is 0 Å². The summed E-state index contributed by atoms with van der Waals surface area (Å²) < 4.78 is 5.17. The molecule has 0 aliphatic carbocycles. The van der Waals surface area contributed by atoms with E-state index in [-0.39, 0.29) is 11.9 Å². The second-order valence-electron chi connectivity index (χ2n) is 3.55. The van der Waals surface area contributed by atoms with E-state index in [1.54, 1.807) is 19.2 Å². The van der Waals surface area contributed by atoms with Gasteiger partial charge in [0, 0.05) is 12.6 Å². The van der Waals surface area contributed by atoms with Crippen LogP contribution in [0, 0.1) is 0 Å². The highest BCUT2D eigenvalue weighted by Gasteiger charge is 2.38. The molecule has 1 atom stereocenters. The van der Waals surface area contributed by atoms with E-state index in [4.69, 9.17) is 4.74 Å². The fourth-order valence-corrected chi connectivity index (χ4v) is 1.80. The van der Waals surface area contributed by atoms with Gasteiger partial charge < -0.3 is 9.64 Å². The molecule has 2 rings (SSSR count). The molecule has 1 heterocycles. The van der Waals surface area contributed by atoms with E-state index in [0.29, 0.717) is 11.3 Å². The zero-order valence-electron chi connectivity index (χ0n) is 9.06. The Labute approximate surface area is 93.0 Å². The van der Waals surface area contributed by atoms with Crippen molar-refractivity contribution in [2.24, 2.45) is 0 Å². The van der Waals surface area contributed by atoms with E-state index < -0.39 is 6.04 Å². The molecule has 3 amide bonds. The van der Waals surface area contributed by atoms with E-state index in [1.807, 2.05) is 12.1 Å². The molecule has 1 unspecified atom stereocenters. The Morgan fingerprint density at radius 1 is 1.31 bits per heavy atom. The molecule has 0 bridgehead atoms. The highest BCUT2D eigenvalue weighted by Crippen LogP contribution is 2.31. The average molecular weight is 220 g/mol. The Bertz CT molecular complexity index is 445. The number of imide groups is 1. The number of likely N-dealkylation sites (N-methyl/N-ethyl adjacent to an activating group) is 1. The highest BCUT2D eigenvalue weighted by molar-refractivity contribution is 6.04. The molecule has 1 aromatic carbocycles. The summed E-state index contributed by atoms with van der Waals surface area (Å²) in [6.45, 7) is 0. The number of amides is 3. The van der Waals surface area contributed by atoms with E-state index in [9.17, 15) is 9.59 Å². The lowest BCUT2D eigenvalue weighted by Crippen LogP contribution is -2.25. The molecule has 0 saturated carbocycles. The first-order valence-corrected chi connectivity index (χ1v) is 4.85. The third-order valence-corrected chi connectivity index (χ3v) is 2.62. The number of para-hydroxylation sites is 1. The van der Waals surface area contributed by atoms with Crippen LogP contribution in [0.4, 0.5) is 4.79 Å². The second kappa shape index (κ2) is 3.84. The number of nitrogens with zero attached hydrogens (tertiary/aromatic N) is 1. The minimum absolute atomic E-state index is 0.322. The van der Waals surface area contributed by atoms with Gasteiger partial charge in [0.2, 0.25) is 0 Å². The lowest BCUT2D eigenvalue weighted by atomic mass is 10.1. The van der Waals surface area contributed by atoms with Crippen molar-refractivity contribution in [2.45, 2.75) is 6.04 Å². The van der Waals surface area contributed by atoms with Gasteiger partial charge in [-0.3, -0.25) is 10.1 Å². The van der Waals surface area contributed by atoms with Gasteiger partial charge in [-0.25, -0.2) is 4.79 Å². The number of carbonyl (C=O) groups is 2. The van der Waals surface area contributed by atoms with Crippen molar-refractivity contribution >= 4 is 11.9 Å². The van der Waals surface area contributed by atoms with Crippen molar-refractivity contribution < 1.29 is 14.3 Å². The third-order valence-electron chi connectivity index (χ3n) is 2.62. The molecule has 5 nitrogen and oxygen atoms in total. The molecule has 0 radical (unpaired) electrons. The Balaban J connectivity index is 2.44. The molecule has 84 valence electrons. The summed E-state index contributed by atoms with van der Waals surface area (Å²) >= 11 is 0. The summed E-state index contributed by atoms with van der Waals surface area (Å²) in [5.41, 5.74) is 0.691. The summed E-state index contributed by atoms with van der Waals surface area (Å²) in [6, 6.07) is 6.17. The number of hydrogen-bond acceptors (Lipinski definition) is 3. The zero-order chi connectivity index (χ0) is 11.7. The standard InChI is InChI=1S/C11H12N2O3/c1-13-9(10(14)12-11(13)15)7-5-3-4-6-8(7)16-2/h3-6,9H,1-2H3,(H,12,14,15).